The first-order chi connectivity index (χ1) is 19.5. The fourth-order valence-electron chi connectivity index (χ4n) is 6.13. The molecule has 0 amide bonds. The molecule has 0 spiro atoms. The summed E-state index contributed by atoms with van der Waals surface area (Å²) < 4.78 is 0. The number of nitrogens with zero attached hydrogens (tertiary/aromatic N) is 8. The smallest absolute Gasteiger partial charge is 0.358 e. The van der Waals surface area contributed by atoms with Crippen molar-refractivity contribution in [3.05, 3.63) is 45.6 Å². The summed E-state index contributed by atoms with van der Waals surface area (Å²) in [6.07, 6.45) is 6.56. The third-order valence-corrected chi connectivity index (χ3v) is 8.14. The molecule has 218 valence electrons. The Morgan fingerprint density at radius 1 is 0.341 bits per heavy atom. The topological polar surface area (TPSA) is 106 Å². The number of rotatable bonds is 8. The van der Waals surface area contributed by atoms with Gasteiger partial charge in [-0.25, -0.2) is 9.97 Å². The first-order valence-electron chi connectivity index (χ1n) is 15.1. The molecule has 2 aliphatic rings. The zero-order valence-electron chi connectivity index (χ0n) is 25.6. The molecule has 0 saturated heterocycles. The molecule has 5 heterocycles. The van der Waals surface area contributed by atoms with Gasteiger partial charge in [-0.1, -0.05) is 55.4 Å². The van der Waals surface area contributed by atoms with Crippen molar-refractivity contribution < 1.29 is 21.1 Å². The van der Waals surface area contributed by atoms with Crippen LogP contribution >= 0.6 is 0 Å². The van der Waals surface area contributed by atoms with Crippen molar-refractivity contribution in [2.24, 2.45) is 0 Å². The van der Waals surface area contributed by atoms with E-state index in [2.05, 4.69) is 55.4 Å². The Balaban J connectivity index is 0.00000387. The molecular weight excluding hydrogens is 691 g/mol. The second-order valence-corrected chi connectivity index (χ2v) is 10.1. The van der Waals surface area contributed by atoms with E-state index in [0.29, 0.717) is 45.9 Å². The summed E-state index contributed by atoms with van der Waals surface area (Å²) in [5.41, 5.74) is 11.8. The summed E-state index contributed by atoms with van der Waals surface area (Å²) in [6, 6.07) is 0. The van der Waals surface area contributed by atoms with Gasteiger partial charge in [0, 0.05) is 22.6 Å². The van der Waals surface area contributed by atoms with Gasteiger partial charge < -0.3 is 29.9 Å². The summed E-state index contributed by atoms with van der Waals surface area (Å²) in [7, 11) is 0. The van der Waals surface area contributed by atoms with Crippen molar-refractivity contribution in [3.8, 4) is 0 Å². The van der Waals surface area contributed by atoms with E-state index >= 15 is 0 Å². The van der Waals surface area contributed by atoms with Crippen LogP contribution in [0.15, 0.2) is 0 Å². The molecule has 5 rings (SSSR count). The minimum Gasteiger partial charge on any atom is -0.358 e. The van der Waals surface area contributed by atoms with Crippen LogP contribution < -0.4 is 9.97 Å². The van der Waals surface area contributed by atoms with E-state index in [1.165, 1.54) is 0 Å². The summed E-state index contributed by atoms with van der Waals surface area (Å²) in [5.74, 6) is 2.81. The number of allylic oxidation sites excluding steroid dienone is 4. The van der Waals surface area contributed by atoms with E-state index in [9.17, 15) is 0 Å². The largest absolute Gasteiger partial charge is 2.00 e. The van der Waals surface area contributed by atoms with Crippen LogP contribution in [0.25, 0.3) is 44.9 Å². The Kier molecular flexibility index (Phi) is 9.73. The second-order valence-electron chi connectivity index (χ2n) is 10.1. The molecule has 8 nitrogen and oxygen atoms in total. The fourth-order valence-corrected chi connectivity index (χ4v) is 6.13. The van der Waals surface area contributed by atoms with E-state index in [0.717, 1.165) is 95.9 Å². The summed E-state index contributed by atoms with van der Waals surface area (Å²) in [6.45, 7) is 17.2. The van der Waals surface area contributed by atoms with Crippen molar-refractivity contribution >= 4 is 44.9 Å². The van der Waals surface area contributed by atoms with Gasteiger partial charge in [-0.15, -0.1) is 0 Å². The number of aromatic nitrogens is 8. The average Bonchev–Trinajstić information content (AvgIpc) is 3.67. The standard InChI is InChI=1S/C32H40N8.Pt/c1-9-17-18(10-2)26-33-25(17)37-27-19(11-3)20(12-4)29(34-27)39-31-23(15-7)24(16-8)32(36-31)40-30-22(14-6)21(13-5)28(35-30)38-26;/h9-16H2,1-8H3;/q-2;+2. The molecule has 8 bridgehead atoms. The summed E-state index contributed by atoms with van der Waals surface area (Å²) in [4.78, 5) is 40.3. The van der Waals surface area contributed by atoms with Crippen LogP contribution in [0.5, 0.6) is 0 Å². The van der Waals surface area contributed by atoms with Crippen molar-refractivity contribution in [1.82, 2.24) is 39.9 Å². The van der Waals surface area contributed by atoms with Crippen LogP contribution in [0.2, 0.25) is 0 Å². The predicted octanol–water partition coefficient (Wildman–Crippen LogP) is 6.86. The van der Waals surface area contributed by atoms with Crippen LogP contribution in [0.3, 0.4) is 0 Å². The van der Waals surface area contributed by atoms with Crippen LogP contribution in [0, 0.1) is 0 Å². The van der Waals surface area contributed by atoms with E-state index in [1.807, 2.05) is 0 Å². The molecule has 0 atom stereocenters. The normalized spacial score (nSPS) is 13.3. The van der Waals surface area contributed by atoms with E-state index in [4.69, 9.17) is 39.9 Å². The molecule has 0 saturated carbocycles. The maximum atomic E-state index is 5.08. The number of hydrogen-bond donors (Lipinski definition) is 0. The van der Waals surface area contributed by atoms with Crippen molar-refractivity contribution in [1.29, 1.82) is 0 Å². The van der Waals surface area contributed by atoms with E-state index in [1.54, 1.807) is 0 Å². The average molecular weight is 732 g/mol. The zero-order valence-corrected chi connectivity index (χ0v) is 27.8. The zero-order chi connectivity index (χ0) is 28.6. The van der Waals surface area contributed by atoms with Crippen LogP contribution in [0.1, 0.15) is 127 Å². The molecule has 2 aliphatic heterocycles. The van der Waals surface area contributed by atoms with Gasteiger partial charge >= 0.3 is 21.1 Å². The quantitative estimate of drug-likeness (QED) is 0.248. The third kappa shape index (κ3) is 5.24. The van der Waals surface area contributed by atoms with Crippen LogP contribution in [-0.2, 0) is 46.7 Å². The predicted molar refractivity (Wildman–Crippen MR) is 162 cm³/mol. The molecule has 0 unspecified atom stereocenters. The molecule has 41 heavy (non-hydrogen) atoms. The van der Waals surface area contributed by atoms with Crippen LogP contribution in [-0.4, -0.2) is 29.9 Å². The maximum Gasteiger partial charge on any atom is 2.00 e. The second kappa shape index (κ2) is 12.9. The summed E-state index contributed by atoms with van der Waals surface area (Å²) >= 11 is 0. The monoisotopic (exact) mass is 731 g/mol. The minimum absolute atomic E-state index is 0. The van der Waals surface area contributed by atoms with Gasteiger partial charge in [-0.3, -0.25) is 0 Å². The van der Waals surface area contributed by atoms with E-state index < -0.39 is 0 Å². The molecule has 9 heteroatoms. The van der Waals surface area contributed by atoms with Crippen LogP contribution in [0.4, 0.5) is 0 Å². The Morgan fingerprint density at radius 3 is 0.732 bits per heavy atom. The van der Waals surface area contributed by atoms with Gasteiger partial charge in [0.1, 0.15) is 0 Å². The number of fused-ring (bicyclic) bond motifs is 8. The fraction of sp³-hybridized carbons (Fsp3) is 0.500. The first-order valence-corrected chi connectivity index (χ1v) is 15.1. The Labute approximate surface area is 257 Å². The van der Waals surface area contributed by atoms with Gasteiger partial charge in [-0.05, 0) is 95.9 Å². The molecule has 0 radical (unpaired) electrons. The van der Waals surface area contributed by atoms with Gasteiger partial charge in [-0.2, -0.15) is 0 Å². The molecule has 0 aliphatic carbocycles. The Hall–Kier alpha value is -2.99. The van der Waals surface area contributed by atoms with Gasteiger partial charge in [0.15, 0.2) is 0 Å². The Morgan fingerprint density at radius 2 is 0.561 bits per heavy atom. The van der Waals surface area contributed by atoms with Crippen molar-refractivity contribution in [3.63, 3.8) is 0 Å². The minimum atomic E-state index is 0. The van der Waals surface area contributed by atoms with Gasteiger partial charge in [0.2, 0.25) is 0 Å². The van der Waals surface area contributed by atoms with Gasteiger partial charge in [0.25, 0.3) is 0 Å². The first kappa shape index (κ1) is 31.0. The summed E-state index contributed by atoms with van der Waals surface area (Å²) in [5, 5.41) is 0. The van der Waals surface area contributed by atoms with Gasteiger partial charge in [0.05, 0.1) is 23.3 Å². The SMILES string of the molecule is CCC1=C(CC)c2nc1nc1[n-]c(nc3nc(nc4[n-]c(n2)c(CC)c4CC)C(CC)=C3CC)c(CC)c1CC.[Pt+2]. The van der Waals surface area contributed by atoms with E-state index in [-0.39, 0.29) is 21.1 Å². The van der Waals surface area contributed by atoms with Crippen molar-refractivity contribution in [2.75, 3.05) is 0 Å². The maximum absolute atomic E-state index is 5.08. The van der Waals surface area contributed by atoms with Crippen molar-refractivity contribution in [2.45, 2.75) is 107 Å². The molecule has 0 fully saturated rings. The molecule has 0 aromatic carbocycles. The molecule has 3 aromatic heterocycles. The molecule has 0 N–H and O–H groups in total. The third-order valence-electron chi connectivity index (χ3n) is 8.14. The molecule has 3 aromatic rings. The number of aryl methyl sites for hydroxylation is 4. The number of hydrogen-bond acceptors (Lipinski definition) is 6. The molecular formula is C32H40N8Pt. The Bertz CT molecular complexity index is 1450.